The summed E-state index contributed by atoms with van der Waals surface area (Å²) in [6, 6.07) is 5.95. The maximum atomic E-state index is 6.05. The van der Waals surface area contributed by atoms with Crippen molar-refractivity contribution < 1.29 is 4.74 Å². The zero-order valence-corrected chi connectivity index (χ0v) is 9.31. The van der Waals surface area contributed by atoms with E-state index in [1.165, 1.54) is 18.4 Å². The molecule has 0 saturated carbocycles. The van der Waals surface area contributed by atoms with Crippen LogP contribution in [0.3, 0.4) is 0 Å². The van der Waals surface area contributed by atoms with Gasteiger partial charge in [-0.25, -0.2) is 0 Å². The summed E-state index contributed by atoms with van der Waals surface area (Å²) in [5.41, 5.74) is 1.47. The Hall–Kier alpha value is -0.730. The van der Waals surface area contributed by atoms with Crippen LogP contribution < -0.4 is 10.1 Å². The van der Waals surface area contributed by atoms with E-state index in [-0.39, 0.29) is 5.41 Å². The van der Waals surface area contributed by atoms with E-state index in [9.17, 15) is 0 Å². The first-order valence-corrected chi connectivity index (χ1v) is 5.82. The quantitative estimate of drug-likeness (QED) is 0.729. The number of hydrogen-bond acceptors (Lipinski definition) is 2. The highest BCUT2D eigenvalue weighted by Crippen LogP contribution is 2.43. The minimum Gasteiger partial charge on any atom is -0.492 e. The van der Waals surface area contributed by atoms with Gasteiger partial charge < -0.3 is 10.1 Å². The predicted octanol–water partition coefficient (Wildman–Crippen LogP) is 2.35. The lowest BCUT2D eigenvalue weighted by molar-refractivity contribution is 0.224. The van der Waals surface area contributed by atoms with Gasteiger partial charge in [0.1, 0.15) is 5.75 Å². The van der Waals surface area contributed by atoms with Crippen LogP contribution in [-0.2, 0) is 5.41 Å². The molecule has 15 heavy (non-hydrogen) atoms. The Morgan fingerprint density at radius 1 is 1.40 bits per heavy atom. The van der Waals surface area contributed by atoms with Crippen molar-refractivity contribution in [1.82, 2.24) is 5.32 Å². The molecule has 3 heteroatoms. The second kappa shape index (κ2) is 3.39. The van der Waals surface area contributed by atoms with Crippen molar-refractivity contribution >= 4 is 11.6 Å². The first-order chi connectivity index (χ1) is 7.30. The van der Waals surface area contributed by atoms with Crippen molar-refractivity contribution in [3.8, 4) is 5.75 Å². The van der Waals surface area contributed by atoms with Crippen LogP contribution in [0.2, 0.25) is 5.02 Å². The lowest BCUT2D eigenvalue weighted by Gasteiger charge is -2.32. The molecule has 2 heterocycles. The van der Waals surface area contributed by atoms with Gasteiger partial charge in [0, 0.05) is 22.5 Å². The van der Waals surface area contributed by atoms with Crippen molar-refractivity contribution in [2.75, 3.05) is 19.7 Å². The highest BCUT2D eigenvalue weighted by Gasteiger charge is 2.41. The molecule has 2 aliphatic heterocycles. The minimum absolute atomic E-state index is 0.179. The molecular formula is C12H14ClNO. The summed E-state index contributed by atoms with van der Waals surface area (Å²) < 4.78 is 5.75. The van der Waals surface area contributed by atoms with Crippen molar-refractivity contribution in [3.63, 3.8) is 0 Å². The van der Waals surface area contributed by atoms with E-state index in [1.54, 1.807) is 0 Å². The van der Waals surface area contributed by atoms with Gasteiger partial charge in [0.15, 0.2) is 0 Å². The molecule has 3 rings (SSSR count). The summed E-state index contributed by atoms with van der Waals surface area (Å²) in [4.78, 5) is 0. The highest BCUT2D eigenvalue weighted by molar-refractivity contribution is 6.30. The van der Waals surface area contributed by atoms with Gasteiger partial charge in [-0.2, -0.15) is 0 Å². The van der Waals surface area contributed by atoms with Crippen molar-refractivity contribution in [3.05, 3.63) is 28.8 Å². The fourth-order valence-electron chi connectivity index (χ4n) is 2.66. The molecule has 1 saturated heterocycles. The summed E-state index contributed by atoms with van der Waals surface area (Å²) in [6.07, 6.45) is 2.42. The molecule has 2 nitrogen and oxygen atoms in total. The van der Waals surface area contributed by atoms with Gasteiger partial charge in [0.2, 0.25) is 0 Å². The van der Waals surface area contributed by atoms with E-state index in [4.69, 9.17) is 16.3 Å². The first kappa shape index (κ1) is 9.49. The lowest BCUT2D eigenvalue weighted by Crippen LogP contribution is -2.44. The van der Waals surface area contributed by atoms with Gasteiger partial charge >= 0.3 is 0 Å². The van der Waals surface area contributed by atoms with Crippen LogP contribution in [0.25, 0.3) is 0 Å². The molecule has 0 amide bonds. The molecule has 80 valence electrons. The van der Waals surface area contributed by atoms with Crippen LogP contribution in [0.5, 0.6) is 5.75 Å². The van der Waals surface area contributed by atoms with Gasteiger partial charge in [0.05, 0.1) is 6.61 Å². The third kappa shape index (κ3) is 1.44. The first-order valence-electron chi connectivity index (χ1n) is 5.44. The zero-order chi connectivity index (χ0) is 10.3. The third-order valence-corrected chi connectivity index (χ3v) is 3.72. The van der Waals surface area contributed by atoms with Crippen LogP contribution >= 0.6 is 11.6 Å². The molecule has 1 N–H and O–H groups in total. The topological polar surface area (TPSA) is 21.3 Å². The van der Waals surface area contributed by atoms with E-state index in [0.717, 1.165) is 30.5 Å². The molecule has 1 aromatic rings. The predicted molar refractivity (Wildman–Crippen MR) is 60.7 cm³/mol. The molecule has 0 radical (unpaired) electrons. The number of hydrogen-bond donors (Lipinski definition) is 1. The second-order valence-electron chi connectivity index (χ2n) is 4.49. The molecule has 1 atom stereocenters. The summed E-state index contributed by atoms with van der Waals surface area (Å²) in [5.74, 6) is 1.02. The Morgan fingerprint density at radius 3 is 3.13 bits per heavy atom. The Bertz CT molecular complexity index is 380. The van der Waals surface area contributed by atoms with E-state index in [2.05, 4.69) is 11.4 Å². The molecule has 0 bridgehead atoms. The standard InChI is InChI=1S/C12H14ClNO/c13-9-2-3-11-10(6-9)12(8-15-11)4-1-5-14-7-12/h2-3,6,14H,1,4-5,7-8H2. The second-order valence-corrected chi connectivity index (χ2v) is 4.93. The number of nitrogens with one attached hydrogen (secondary N) is 1. The average molecular weight is 224 g/mol. The molecule has 1 unspecified atom stereocenters. The monoisotopic (exact) mass is 223 g/mol. The minimum atomic E-state index is 0.179. The molecule has 1 spiro atoms. The van der Waals surface area contributed by atoms with Crippen LogP contribution in [-0.4, -0.2) is 19.7 Å². The number of halogens is 1. The maximum absolute atomic E-state index is 6.05. The largest absolute Gasteiger partial charge is 0.492 e. The lowest BCUT2D eigenvalue weighted by atomic mass is 9.76. The van der Waals surface area contributed by atoms with E-state index < -0.39 is 0 Å². The average Bonchev–Trinajstić information content (AvgIpc) is 2.59. The molecule has 0 aromatic heterocycles. The fourth-order valence-corrected chi connectivity index (χ4v) is 2.83. The highest BCUT2D eigenvalue weighted by atomic mass is 35.5. The Balaban J connectivity index is 2.05. The SMILES string of the molecule is Clc1ccc2c(c1)C1(CCCNC1)CO2. The number of benzene rings is 1. The summed E-state index contributed by atoms with van der Waals surface area (Å²) in [5, 5.41) is 4.26. The van der Waals surface area contributed by atoms with Crippen molar-refractivity contribution in [2.45, 2.75) is 18.3 Å². The molecule has 1 fully saturated rings. The summed E-state index contributed by atoms with van der Waals surface area (Å²) >= 11 is 6.05. The number of fused-ring (bicyclic) bond motifs is 2. The van der Waals surface area contributed by atoms with Crippen LogP contribution in [0.4, 0.5) is 0 Å². The van der Waals surface area contributed by atoms with Crippen molar-refractivity contribution in [1.29, 1.82) is 0 Å². The normalized spacial score (nSPS) is 28.9. The van der Waals surface area contributed by atoms with Crippen molar-refractivity contribution in [2.24, 2.45) is 0 Å². The van der Waals surface area contributed by atoms with Gasteiger partial charge in [-0.05, 0) is 37.6 Å². The fraction of sp³-hybridized carbons (Fsp3) is 0.500. The third-order valence-electron chi connectivity index (χ3n) is 3.49. The summed E-state index contributed by atoms with van der Waals surface area (Å²) in [6.45, 7) is 2.94. The molecule has 1 aromatic carbocycles. The summed E-state index contributed by atoms with van der Waals surface area (Å²) in [7, 11) is 0. The van der Waals surface area contributed by atoms with Gasteiger partial charge in [0.25, 0.3) is 0 Å². The van der Waals surface area contributed by atoms with E-state index >= 15 is 0 Å². The van der Waals surface area contributed by atoms with Crippen LogP contribution in [0, 0.1) is 0 Å². The number of ether oxygens (including phenoxy) is 1. The molecule has 0 aliphatic carbocycles. The maximum Gasteiger partial charge on any atom is 0.123 e. The van der Waals surface area contributed by atoms with Crippen LogP contribution in [0.15, 0.2) is 18.2 Å². The Kier molecular flexibility index (Phi) is 2.15. The van der Waals surface area contributed by atoms with Gasteiger partial charge in [-0.15, -0.1) is 0 Å². The zero-order valence-electron chi connectivity index (χ0n) is 8.55. The molecule has 2 aliphatic rings. The van der Waals surface area contributed by atoms with Gasteiger partial charge in [-0.1, -0.05) is 11.6 Å². The number of piperidine rings is 1. The van der Waals surface area contributed by atoms with Gasteiger partial charge in [-0.3, -0.25) is 0 Å². The number of rotatable bonds is 0. The Labute approximate surface area is 94.6 Å². The Morgan fingerprint density at radius 2 is 2.33 bits per heavy atom. The van der Waals surface area contributed by atoms with Crippen LogP contribution in [0.1, 0.15) is 18.4 Å². The van der Waals surface area contributed by atoms with E-state index in [0.29, 0.717) is 0 Å². The smallest absolute Gasteiger partial charge is 0.123 e. The molecular weight excluding hydrogens is 210 g/mol. The van der Waals surface area contributed by atoms with E-state index in [1.807, 2.05) is 12.1 Å².